The number of nitrogens with zero attached hydrogens (tertiary/aromatic N) is 1. The van der Waals surface area contributed by atoms with Crippen molar-refractivity contribution in [3.05, 3.63) is 59.7 Å². The number of aromatic carboxylic acids is 1. The predicted octanol–water partition coefficient (Wildman–Crippen LogP) is 2.63. The zero-order valence-electron chi connectivity index (χ0n) is 10.6. The maximum absolute atomic E-state index is 11.5. The Bertz CT molecular complexity index is 654. The van der Waals surface area contributed by atoms with Gasteiger partial charge >= 0.3 is 5.97 Å². The second-order valence-electron chi connectivity index (χ2n) is 4.15. The molecule has 2 rings (SSSR count). The molecule has 1 N–H and O–H groups in total. The molecule has 0 radical (unpaired) electrons. The molecule has 0 amide bonds. The topological polar surface area (TPSA) is 80.7 Å². The van der Waals surface area contributed by atoms with Crippen molar-refractivity contribution < 1.29 is 18.7 Å². The highest BCUT2D eigenvalue weighted by atomic mass is 32.2. The summed E-state index contributed by atoms with van der Waals surface area (Å²) in [5.74, 6) is -1.05. The number of rotatable bonds is 4. The van der Waals surface area contributed by atoms with Crippen molar-refractivity contribution >= 4 is 28.6 Å². The lowest BCUT2D eigenvalue weighted by atomic mass is 10.1. The second-order valence-corrected chi connectivity index (χ2v) is 4.95. The standard InChI is InChI=1S/C14H13NO4S/c1-10-4-2-3-5-13(10)15(20(18)19)12-8-6-11(7-9-12)14(16)17/h2-9H,1H3,(H,16,17)(H,18,19)/p-1. The van der Waals surface area contributed by atoms with Gasteiger partial charge in [-0.05, 0) is 42.8 Å². The summed E-state index contributed by atoms with van der Waals surface area (Å²) in [4.78, 5) is 10.8. The van der Waals surface area contributed by atoms with Gasteiger partial charge in [-0.15, -0.1) is 0 Å². The first kappa shape index (κ1) is 14.2. The van der Waals surface area contributed by atoms with Crippen LogP contribution in [-0.4, -0.2) is 19.8 Å². The molecule has 0 fully saturated rings. The quantitative estimate of drug-likeness (QED) is 0.878. The molecule has 1 atom stereocenters. The van der Waals surface area contributed by atoms with Crippen molar-refractivity contribution in [2.75, 3.05) is 4.31 Å². The van der Waals surface area contributed by atoms with E-state index >= 15 is 0 Å². The van der Waals surface area contributed by atoms with Crippen LogP contribution >= 0.6 is 0 Å². The van der Waals surface area contributed by atoms with Crippen molar-refractivity contribution in [2.45, 2.75) is 6.92 Å². The Kier molecular flexibility index (Phi) is 4.16. The highest BCUT2D eigenvalue weighted by Crippen LogP contribution is 2.29. The van der Waals surface area contributed by atoms with Gasteiger partial charge in [-0.1, -0.05) is 18.2 Å². The summed E-state index contributed by atoms with van der Waals surface area (Å²) in [6, 6.07) is 12.7. The molecule has 104 valence electrons. The SMILES string of the molecule is Cc1ccccc1N(c1ccc(C(=O)O)cc1)S(=O)[O-]. The minimum atomic E-state index is -2.50. The third-order valence-electron chi connectivity index (χ3n) is 2.83. The Labute approximate surface area is 118 Å². The lowest BCUT2D eigenvalue weighted by Crippen LogP contribution is -2.20. The monoisotopic (exact) mass is 290 g/mol. The third kappa shape index (κ3) is 2.87. The molecule has 0 saturated heterocycles. The fraction of sp³-hybridized carbons (Fsp3) is 0.0714. The van der Waals surface area contributed by atoms with Gasteiger partial charge in [-0.3, -0.25) is 8.51 Å². The molecule has 0 aliphatic carbocycles. The van der Waals surface area contributed by atoms with Crippen LogP contribution in [0.4, 0.5) is 11.4 Å². The van der Waals surface area contributed by atoms with E-state index in [1.165, 1.54) is 24.3 Å². The number of carboxylic acid groups (broad SMARTS) is 1. The van der Waals surface area contributed by atoms with E-state index in [9.17, 15) is 13.6 Å². The average molecular weight is 290 g/mol. The van der Waals surface area contributed by atoms with E-state index in [1.54, 1.807) is 25.1 Å². The summed E-state index contributed by atoms with van der Waals surface area (Å²) in [5.41, 5.74) is 1.83. The first-order valence-electron chi connectivity index (χ1n) is 5.79. The lowest BCUT2D eigenvalue weighted by Gasteiger charge is -2.27. The Balaban J connectivity index is 2.47. The second kappa shape index (κ2) is 5.85. The van der Waals surface area contributed by atoms with Crippen LogP contribution in [0.1, 0.15) is 15.9 Å². The zero-order valence-corrected chi connectivity index (χ0v) is 11.5. The van der Waals surface area contributed by atoms with Crippen molar-refractivity contribution in [3.8, 4) is 0 Å². The molecule has 0 aliphatic heterocycles. The minimum Gasteiger partial charge on any atom is -0.755 e. The van der Waals surface area contributed by atoms with E-state index in [2.05, 4.69) is 0 Å². The number of hydrogen-bond donors (Lipinski definition) is 1. The van der Waals surface area contributed by atoms with Crippen LogP contribution in [0, 0.1) is 6.92 Å². The fourth-order valence-corrected chi connectivity index (χ4v) is 2.50. The number of benzene rings is 2. The van der Waals surface area contributed by atoms with E-state index in [-0.39, 0.29) is 5.56 Å². The van der Waals surface area contributed by atoms with Gasteiger partial charge < -0.3 is 9.66 Å². The molecular weight excluding hydrogens is 278 g/mol. The molecule has 0 saturated carbocycles. The average Bonchev–Trinajstić information content (AvgIpc) is 2.41. The zero-order chi connectivity index (χ0) is 14.7. The number of carbonyl (C=O) groups is 1. The largest absolute Gasteiger partial charge is 0.755 e. The highest BCUT2D eigenvalue weighted by Gasteiger charge is 2.13. The molecule has 1 unspecified atom stereocenters. The smallest absolute Gasteiger partial charge is 0.335 e. The summed E-state index contributed by atoms with van der Waals surface area (Å²) < 4.78 is 24.1. The van der Waals surface area contributed by atoms with Crippen LogP contribution in [0.3, 0.4) is 0 Å². The van der Waals surface area contributed by atoms with Gasteiger partial charge in [-0.2, -0.15) is 0 Å². The third-order valence-corrected chi connectivity index (χ3v) is 3.54. The van der Waals surface area contributed by atoms with Crippen LogP contribution < -0.4 is 4.31 Å². The molecule has 5 nitrogen and oxygen atoms in total. The van der Waals surface area contributed by atoms with Crippen LogP contribution in [0.15, 0.2) is 48.5 Å². The maximum atomic E-state index is 11.5. The highest BCUT2D eigenvalue weighted by molar-refractivity contribution is 7.81. The number of anilines is 2. The molecule has 0 spiro atoms. The van der Waals surface area contributed by atoms with Crippen molar-refractivity contribution in [3.63, 3.8) is 0 Å². The Morgan fingerprint density at radius 1 is 1.15 bits per heavy atom. The Morgan fingerprint density at radius 3 is 2.25 bits per heavy atom. The minimum absolute atomic E-state index is 0.107. The molecule has 0 bridgehead atoms. The van der Waals surface area contributed by atoms with Gasteiger partial charge in [0.2, 0.25) is 0 Å². The summed E-state index contributed by atoms with van der Waals surface area (Å²) in [6.07, 6.45) is 0. The van der Waals surface area contributed by atoms with Crippen molar-refractivity contribution in [2.24, 2.45) is 0 Å². The van der Waals surface area contributed by atoms with Gasteiger partial charge in [0, 0.05) is 0 Å². The van der Waals surface area contributed by atoms with E-state index in [4.69, 9.17) is 5.11 Å². The Morgan fingerprint density at radius 2 is 1.75 bits per heavy atom. The van der Waals surface area contributed by atoms with Crippen LogP contribution in [0.25, 0.3) is 0 Å². The normalized spacial score (nSPS) is 11.9. The number of aryl methyl sites for hydroxylation is 1. The molecule has 20 heavy (non-hydrogen) atoms. The lowest BCUT2D eigenvalue weighted by molar-refractivity contribution is 0.0697. The van der Waals surface area contributed by atoms with E-state index in [0.29, 0.717) is 11.4 Å². The van der Waals surface area contributed by atoms with Gasteiger partial charge in [-0.25, -0.2) is 4.79 Å². The van der Waals surface area contributed by atoms with Gasteiger partial charge in [0.25, 0.3) is 0 Å². The summed E-state index contributed by atoms with van der Waals surface area (Å²) in [7, 11) is 0. The summed E-state index contributed by atoms with van der Waals surface area (Å²) in [6.45, 7) is 1.81. The van der Waals surface area contributed by atoms with Crippen molar-refractivity contribution in [1.82, 2.24) is 0 Å². The molecule has 0 aromatic heterocycles. The number of hydrogen-bond acceptors (Lipinski definition) is 3. The number of carboxylic acids is 1. The number of para-hydroxylation sites is 1. The van der Waals surface area contributed by atoms with Crippen LogP contribution in [0.2, 0.25) is 0 Å². The molecule has 6 heteroatoms. The molecule has 2 aromatic carbocycles. The summed E-state index contributed by atoms with van der Waals surface area (Å²) >= 11 is -2.50. The fourth-order valence-electron chi connectivity index (χ4n) is 1.84. The van der Waals surface area contributed by atoms with E-state index < -0.39 is 17.2 Å². The van der Waals surface area contributed by atoms with E-state index in [0.717, 1.165) is 9.87 Å². The molecular formula is C14H12NO4S-. The first-order chi connectivity index (χ1) is 9.50. The van der Waals surface area contributed by atoms with E-state index in [1.807, 2.05) is 6.07 Å². The van der Waals surface area contributed by atoms with Gasteiger partial charge in [0.1, 0.15) is 0 Å². The van der Waals surface area contributed by atoms with Gasteiger partial charge in [0.15, 0.2) is 0 Å². The van der Waals surface area contributed by atoms with Crippen LogP contribution in [0.5, 0.6) is 0 Å². The van der Waals surface area contributed by atoms with Crippen LogP contribution in [-0.2, 0) is 11.3 Å². The summed E-state index contributed by atoms with van der Waals surface area (Å²) in [5, 5.41) is 8.85. The predicted molar refractivity (Wildman–Crippen MR) is 75.6 cm³/mol. The molecule has 0 aliphatic rings. The molecule has 2 aromatic rings. The Hall–Kier alpha value is -2.18. The van der Waals surface area contributed by atoms with Gasteiger partial charge in [0.05, 0.1) is 28.2 Å². The molecule has 0 heterocycles. The first-order valence-corrected chi connectivity index (χ1v) is 6.82. The maximum Gasteiger partial charge on any atom is 0.335 e. The van der Waals surface area contributed by atoms with Crippen molar-refractivity contribution in [1.29, 1.82) is 0 Å².